The summed E-state index contributed by atoms with van der Waals surface area (Å²) in [6.45, 7) is 2.53. The summed E-state index contributed by atoms with van der Waals surface area (Å²) in [6.07, 6.45) is 2.00. The minimum atomic E-state index is -0.537. The van der Waals surface area contributed by atoms with Crippen LogP contribution in [0.1, 0.15) is 17.3 Å². The van der Waals surface area contributed by atoms with Gasteiger partial charge < -0.3 is 10.4 Å². The molecule has 0 saturated heterocycles. The first-order valence-electron chi connectivity index (χ1n) is 5.30. The fraction of sp³-hybridized carbons (Fsp3) is 0.417. The van der Waals surface area contributed by atoms with Gasteiger partial charge in [-0.15, -0.1) is 0 Å². The van der Waals surface area contributed by atoms with Crippen molar-refractivity contribution in [2.75, 3.05) is 18.6 Å². The third-order valence-electron chi connectivity index (χ3n) is 2.27. The molecule has 17 heavy (non-hydrogen) atoms. The molecule has 1 rings (SSSR count). The van der Waals surface area contributed by atoms with Gasteiger partial charge in [0.2, 0.25) is 0 Å². The molecular formula is C12H16FNO2S. The van der Waals surface area contributed by atoms with Crippen molar-refractivity contribution in [2.24, 2.45) is 5.92 Å². The van der Waals surface area contributed by atoms with Crippen molar-refractivity contribution in [1.29, 1.82) is 0 Å². The highest BCUT2D eigenvalue weighted by Gasteiger charge is 2.12. The minimum Gasteiger partial charge on any atom is -0.507 e. The van der Waals surface area contributed by atoms with Crippen molar-refractivity contribution >= 4 is 17.7 Å². The van der Waals surface area contributed by atoms with Gasteiger partial charge in [0, 0.05) is 6.54 Å². The molecule has 1 unspecified atom stereocenters. The number of benzene rings is 1. The molecule has 2 N–H and O–H groups in total. The summed E-state index contributed by atoms with van der Waals surface area (Å²) in [7, 11) is 0. The number of aromatic hydroxyl groups is 1. The van der Waals surface area contributed by atoms with Crippen LogP contribution >= 0.6 is 11.8 Å². The topological polar surface area (TPSA) is 49.3 Å². The molecule has 0 spiro atoms. The highest BCUT2D eigenvalue weighted by atomic mass is 32.2. The van der Waals surface area contributed by atoms with Gasteiger partial charge in [-0.3, -0.25) is 4.79 Å². The van der Waals surface area contributed by atoms with Crippen molar-refractivity contribution in [3.05, 3.63) is 29.6 Å². The maximum absolute atomic E-state index is 12.9. The molecule has 0 aliphatic heterocycles. The van der Waals surface area contributed by atoms with Crippen LogP contribution in [0.4, 0.5) is 4.39 Å². The quantitative estimate of drug-likeness (QED) is 0.850. The van der Waals surface area contributed by atoms with E-state index in [2.05, 4.69) is 5.32 Å². The standard InChI is InChI=1S/C12H16FNO2S/c1-8(7-17-2)6-14-12(16)10-5-9(13)3-4-11(10)15/h3-5,8,15H,6-7H2,1-2H3,(H,14,16). The van der Waals surface area contributed by atoms with E-state index < -0.39 is 11.7 Å². The molecule has 0 aromatic heterocycles. The Morgan fingerprint density at radius 2 is 2.29 bits per heavy atom. The van der Waals surface area contributed by atoms with Gasteiger partial charge in [-0.25, -0.2) is 4.39 Å². The highest BCUT2D eigenvalue weighted by Crippen LogP contribution is 2.17. The second kappa shape index (κ2) is 6.49. The zero-order valence-electron chi connectivity index (χ0n) is 9.87. The number of phenols is 1. The van der Waals surface area contributed by atoms with Crippen LogP contribution in [0, 0.1) is 11.7 Å². The van der Waals surface area contributed by atoms with Crippen LogP contribution in [0.5, 0.6) is 5.75 Å². The van der Waals surface area contributed by atoms with Crippen LogP contribution in [-0.2, 0) is 0 Å². The van der Waals surface area contributed by atoms with Crippen LogP contribution in [-0.4, -0.2) is 29.6 Å². The first-order chi connectivity index (χ1) is 8.04. The maximum atomic E-state index is 12.9. The number of thioether (sulfide) groups is 1. The molecule has 1 aromatic carbocycles. The number of carbonyl (C=O) groups excluding carboxylic acids is 1. The SMILES string of the molecule is CSCC(C)CNC(=O)c1cc(F)ccc1O. The minimum absolute atomic E-state index is 0.0265. The van der Waals surface area contributed by atoms with E-state index in [0.717, 1.165) is 17.9 Å². The Morgan fingerprint density at radius 3 is 2.94 bits per heavy atom. The summed E-state index contributed by atoms with van der Waals surface area (Å²) in [5.41, 5.74) is -0.0265. The van der Waals surface area contributed by atoms with E-state index in [1.165, 1.54) is 6.07 Å². The summed E-state index contributed by atoms with van der Waals surface area (Å²) in [5, 5.41) is 12.1. The fourth-order valence-electron chi connectivity index (χ4n) is 1.40. The van der Waals surface area contributed by atoms with E-state index in [-0.39, 0.29) is 11.3 Å². The van der Waals surface area contributed by atoms with Gasteiger partial charge >= 0.3 is 0 Å². The first kappa shape index (κ1) is 13.8. The van der Waals surface area contributed by atoms with E-state index >= 15 is 0 Å². The van der Waals surface area contributed by atoms with E-state index in [1.807, 2.05) is 13.2 Å². The smallest absolute Gasteiger partial charge is 0.255 e. The first-order valence-corrected chi connectivity index (χ1v) is 6.69. The van der Waals surface area contributed by atoms with Gasteiger partial charge in [0.1, 0.15) is 11.6 Å². The van der Waals surface area contributed by atoms with E-state index in [9.17, 15) is 14.3 Å². The lowest BCUT2D eigenvalue weighted by molar-refractivity contribution is 0.0946. The summed E-state index contributed by atoms with van der Waals surface area (Å²) >= 11 is 1.70. The lowest BCUT2D eigenvalue weighted by atomic mass is 10.1. The molecule has 5 heteroatoms. The number of halogens is 1. The molecule has 3 nitrogen and oxygen atoms in total. The molecule has 0 heterocycles. The fourth-order valence-corrected chi connectivity index (χ4v) is 2.08. The molecule has 1 amide bonds. The van der Waals surface area contributed by atoms with Crippen molar-refractivity contribution in [3.8, 4) is 5.75 Å². The molecule has 0 bridgehead atoms. The largest absolute Gasteiger partial charge is 0.507 e. The van der Waals surface area contributed by atoms with Crippen molar-refractivity contribution in [2.45, 2.75) is 6.92 Å². The van der Waals surface area contributed by atoms with Crippen LogP contribution in [0.25, 0.3) is 0 Å². The maximum Gasteiger partial charge on any atom is 0.255 e. The lowest BCUT2D eigenvalue weighted by Gasteiger charge is -2.11. The molecule has 0 aliphatic rings. The third-order valence-corrected chi connectivity index (χ3v) is 3.17. The van der Waals surface area contributed by atoms with Gasteiger partial charge in [0.25, 0.3) is 5.91 Å². The monoisotopic (exact) mass is 257 g/mol. The number of carbonyl (C=O) groups is 1. The molecule has 0 aliphatic carbocycles. The number of hydrogen-bond acceptors (Lipinski definition) is 3. The highest BCUT2D eigenvalue weighted by molar-refractivity contribution is 7.98. The summed E-state index contributed by atoms with van der Waals surface area (Å²) < 4.78 is 12.9. The van der Waals surface area contributed by atoms with Crippen molar-refractivity contribution in [3.63, 3.8) is 0 Å². The molecule has 0 saturated carbocycles. The van der Waals surface area contributed by atoms with E-state index in [1.54, 1.807) is 11.8 Å². The second-order valence-corrected chi connectivity index (χ2v) is 4.84. The Bertz CT molecular complexity index is 398. The van der Waals surface area contributed by atoms with Crippen LogP contribution < -0.4 is 5.32 Å². The molecule has 0 radical (unpaired) electrons. The second-order valence-electron chi connectivity index (χ2n) is 3.93. The molecule has 1 atom stereocenters. The van der Waals surface area contributed by atoms with Gasteiger partial charge in [0.15, 0.2) is 0 Å². The lowest BCUT2D eigenvalue weighted by Crippen LogP contribution is -2.29. The normalized spacial score (nSPS) is 12.2. The van der Waals surface area contributed by atoms with Crippen LogP contribution in [0.15, 0.2) is 18.2 Å². The zero-order valence-corrected chi connectivity index (χ0v) is 10.7. The number of rotatable bonds is 5. The van der Waals surface area contributed by atoms with E-state index in [0.29, 0.717) is 12.5 Å². The predicted octanol–water partition coefficient (Wildman–Crippen LogP) is 2.26. The molecule has 1 aromatic rings. The Balaban J connectivity index is 2.61. The summed E-state index contributed by atoms with van der Waals surface area (Å²) in [5.74, 6) is 0.0845. The Hall–Kier alpha value is -1.23. The molecular weight excluding hydrogens is 241 g/mol. The number of nitrogens with one attached hydrogen (secondary N) is 1. The number of amides is 1. The average molecular weight is 257 g/mol. The van der Waals surface area contributed by atoms with Crippen LogP contribution in [0.2, 0.25) is 0 Å². The summed E-state index contributed by atoms with van der Waals surface area (Å²) in [6, 6.07) is 3.32. The number of hydrogen-bond donors (Lipinski definition) is 2. The Morgan fingerprint density at radius 1 is 1.59 bits per heavy atom. The van der Waals surface area contributed by atoms with Gasteiger partial charge in [-0.2, -0.15) is 11.8 Å². The molecule has 94 valence electrons. The molecule has 0 fully saturated rings. The van der Waals surface area contributed by atoms with E-state index in [4.69, 9.17) is 0 Å². The van der Waals surface area contributed by atoms with Gasteiger partial charge in [0.05, 0.1) is 5.56 Å². The van der Waals surface area contributed by atoms with Crippen molar-refractivity contribution < 1.29 is 14.3 Å². The third kappa shape index (κ3) is 4.26. The van der Waals surface area contributed by atoms with Crippen LogP contribution in [0.3, 0.4) is 0 Å². The Labute approximate surface area is 104 Å². The van der Waals surface area contributed by atoms with Gasteiger partial charge in [-0.05, 0) is 36.1 Å². The van der Waals surface area contributed by atoms with Gasteiger partial charge in [-0.1, -0.05) is 6.92 Å². The predicted molar refractivity (Wildman–Crippen MR) is 67.9 cm³/mol. The average Bonchev–Trinajstić information content (AvgIpc) is 2.29. The number of phenolic OH excluding ortho intramolecular Hbond substituents is 1. The zero-order chi connectivity index (χ0) is 12.8. The Kier molecular flexibility index (Phi) is 5.28. The van der Waals surface area contributed by atoms with Crippen molar-refractivity contribution in [1.82, 2.24) is 5.32 Å². The summed E-state index contributed by atoms with van der Waals surface area (Å²) in [4.78, 5) is 11.7.